The number of carbonyl (C=O) groups excluding carboxylic acids is 1. The lowest BCUT2D eigenvalue weighted by molar-refractivity contribution is -0.763. The summed E-state index contributed by atoms with van der Waals surface area (Å²) < 4.78 is 14.6. The molecule has 2 heterocycles. The van der Waals surface area contributed by atoms with Crippen molar-refractivity contribution in [3.63, 3.8) is 0 Å². The number of aromatic nitrogens is 3. The van der Waals surface area contributed by atoms with E-state index in [1.165, 1.54) is 18.7 Å². The molecule has 0 aliphatic carbocycles. The summed E-state index contributed by atoms with van der Waals surface area (Å²) >= 11 is 5.19. The molecule has 0 saturated heterocycles. The minimum atomic E-state index is -0.732. The zero-order valence-corrected chi connectivity index (χ0v) is 25.6. The molecular weight excluding hydrogens is 604 g/mol. The Hall–Kier alpha value is -3.63. The summed E-state index contributed by atoms with van der Waals surface area (Å²) in [4.78, 5) is 31.5. The summed E-state index contributed by atoms with van der Waals surface area (Å²) in [6.45, 7) is 6.33. The average Bonchev–Trinajstić information content (AvgIpc) is 2.96. The monoisotopic (exact) mass is 635 g/mol. The summed E-state index contributed by atoms with van der Waals surface area (Å²) in [5.74, 6) is 1.73. The van der Waals surface area contributed by atoms with Gasteiger partial charge in [-0.15, -0.1) is 0 Å². The van der Waals surface area contributed by atoms with Crippen LogP contribution in [0.2, 0.25) is 0 Å². The van der Waals surface area contributed by atoms with Gasteiger partial charge in [0.1, 0.15) is 6.61 Å². The van der Waals surface area contributed by atoms with Crippen molar-refractivity contribution in [2.75, 3.05) is 17.3 Å². The third-order valence-electron chi connectivity index (χ3n) is 6.69. The van der Waals surface area contributed by atoms with Crippen LogP contribution in [0.25, 0.3) is 11.3 Å². The number of ether oxygens (including phenoxy) is 2. The van der Waals surface area contributed by atoms with E-state index in [0.29, 0.717) is 56.9 Å². The number of anilines is 1. The number of rotatable bonds is 10. The predicted molar refractivity (Wildman–Crippen MR) is 164 cm³/mol. The fourth-order valence-electron chi connectivity index (χ4n) is 4.86. The van der Waals surface area contributed by atoms with Crippen LogP contribution in [-0.4, -0.2) is 28.3 Å². The van der Waals surface area contributed by atoms with Gasteiger partial charge in [-0.1, -0.05) is 67.6 Å². The van der Waals surface area contributed by atoms with Crippen LogP contribution < -0.4 is 24.6 Å². The molecule has 0 saturated carbocycles. The molecule has 4 aromatic rings. The van der Waals surface area contributed by atoms with E-state index in [1.54, 1.807) is 9.58 Å². The van der Waals surface area contributed by atoms with Gasteiger partial charge in [-0.2, -0.15) is 0 Å². The van der Waals surface area contributed by atoms with Crippen LogP contribution in [0.15, 0.2) is 81.2 Å². The standard InChI is InChI=1S/C31H31BrN4O4S/c1-4-6-16-41-31-33-29(38)27-23-14-10-11-15-25(23)35(20(3)37)30(36(27)34-31)22-17-24(32)28(26(18-22)39-5-2)40-19-21-12-8-7-9-13-21/h7-15,17-18,30H,4-6,16,19H2,1-3H3/p+1. The molecule has 1 N–H and O–H groups in total. The number of hydrogen-bond acceptors (Lipinski definition) is 6. The molecule has 0 fully saturated rings. The van der Waals surface area contributed by atoms with Crippen LogP contribution in [0.5, 0.6) is 11.5 Å². The van der Waals surface area contributed by atoms with E-state index in [4.69, 9.17) is 14.6 Å². The van der Waals surface area contributed by atoms with Crippen molar-refractivity contribution < 1.29 is 19.0 Å². The third-order valence-corrected chi connectivity index (χ3v) is 8.23. The van der Waals surface area contributed by atoms with Gasteiger partial charge >= 0.3 is 11.3 Å². The number of H-pyrrole nitrogens is 1. The van der Waals surface area contributed by atoms with Crippen LogP contribution in [0, 0.1) is 0 Å². The Morgan fingerprint density at radius 2 is 1.85 bits per heavy atom. The second-order valence-corrected chi connectivity index (χ2v) is 11.5. The molecule has 212 valence electrons. The van der Waals surface area contributed by atoms with E-state index in [9.17, 15) is 9.59 Å². The number of fused-ring (bicyclic) bond motifs is 3. The molecule has 1 aromatic heterocycles. The van der Waals surface area contributed by atoms with Gasteiger partial charge in [-0.25, -0.2) is 4.90 Å². The average molecular weight is 637 g/mol. The number of carbonyl (C=O) groups is 1. The van der Waals surface area contributed by atoms with E-state index in [1.807, 2.05) is 73.7 Å². The van der Waals surface area contributed by atoms with Gasteiger partial charge in [-0.05, 0) is 63.8 Å². The van der Waals surface area contributed by atoms with Crippen molar-refractivity contribution in [3.05, 3.63) is 92.7 Å². The number of thioether (sulfide) groups is 1. The van der Waals surface area contributed by atoms with E-state index in [0.717, 1.165) is 24.2 Å². The summed E-state index contributed by atoms with van der Waals surface area (Å²) in [7, 11) is 0. The lowest BCUT2D eigenvalue weighted by Crippen LogP contribution is -2.60. The topological polar surface area (TPSA) is 88.4 Å². The number of unbranched alkanes of at least 4 members (excludes halogenated alkanes) is 1. The maximum atomic E-state index is 13.6. The Kier molecular flexibility index (Phi) is 9.09. The number of nitrogens with one attached hydrogen (secondary N) is 1. The van der Waals surface area contributed by atoms with Gasteiger partial charge in [0.05, 0.1) is 27.9 Å². The van der Waals surface area contributed by atoms with Crippen LogP contribution in [0.4, 0.5) is 5.69 Å². The van der Waals surface area contributed by atoms with Crippen molar-refractivity contribution in [3.8, 4) is 22.8 Å². The second-order valence-electron chi connectivity index (χ2n) is 9.57. The first kappa shape index (κ1) is 28.9. The normalized spacial score (nSPS) is 13.9. The molecule has 1 amide bonds. The highest BCUT2D eigenvalue weighted by atomic mass is 79.9. The Balaban J connectivity index is 1.66. The quantitative estimate of drug-likeness (QED) is 0.126. The molecule has 5 rings (SSSR count). The summed E-state index contributed by atoms with van der Waals surface area (Å²) in [6.07, 6.45) is 1.30. The highest BCUT2D eigenvalue weighted by molar-refractivity contribution is 9.10. The van der Waals surface area contributed by atoms with Crippen molar-refractivity contribution >= 4 is 39.3 Å². The summed E-state index contributed by atoms with van der Waals surface area (Å²) in [5, 5.41) is 5.39. The minimum Gasteiger partial charge on any atom is -0.490 e. The van der Waals surface area contributed by atoms with Crippen LogP contribution >= 0.6 is 27.7 Å². The number of nitrogens with zero attached hydrogens (tertiary/aromatic N) is 3. The molecule has 3 aromatic carbocycles. The van der Waals surface area contributed by atoms with E-state index < -0.39 is 6.17 Å². The smallest absolute Gasteiger partial charge is 0.325 e. The third kappa shape index (κ3) is 6.04. The van der Waals surface area contributed by atoms with Gasteiger partial charge in [0.2, 0.25) is 11.1 Å². The molecule has 0 radical (unpaired) electrons. The zero-order chi connectivity index (χ0) is 28.9. The SMILES string of the molecule is CCCCSc1n[n+]2c(c(=O)[nH]1)-c1ccccc1N(C(C)=O)C2c1cc(Br)c(OCc2ccccc2)c(OCC)c1. The maximum absolute atomic E-state index is 13.6. The summed E-state index contributed by atoms with van der Waals surface area (Å²) in [5.41, 5.74) is 3.16. The number of halogens is 1. The Morgan fingerprint density at radius 3 is 2.59 bits per heavy atom. The Morgan fingerprint density at radius 1 is 1.10 bits per heavy atom. The lowest BCUT2D eigenvalue weighted by atomic mass is 10.0. The van der Waals surface area contributed by atoms with Gasteiger partial charge in [0.15, 0.2) is 11.5 Å². The van der Waals surface area contributed by atoms with Gasteiger partial charge < -0.3 is 9.47 Å². The van der Waals surface area contributed by atoms with Crippen molar-refractivity contribution in [1.82, 2.24) is 10.1 Å². The van der Waals surface area contributed by atoms with Crippen molar-refractivity contribution in [1.29, 1.82) is 0 Å². The first-order valence-electron chi connectivity index (χ1n) is 13.6. The number of hydrogen-bond donors (Lipinski definition) is 1. The molecule has 0 spiro atoms. The maximum Gasteiger partial charge on any atom is 0.325 e. The van der Waals surface area contributed by atoms with Crippen LogP contribution in [0.1, 0.15) is 50.9 Å². The molecule has 1 atom stereocenters. The Labute approximate surface area is 251 Å². The van der Waals surface area contributed by atoms with Crippen molar-refractivity contribution in [2.24, 2.45) is 0 Å². The van der Waals surface area contributed by atoms with E-state index >= 15 is 0 Å². The van der Waals surface area contributed by atoms with E-state index in [2.05, 4.69) is 27.8 Å². The molecule has 1 aliphatic rings. The van der Waals surface area contributed by atoms with Crippen LogP contribution in [0.3, 0.4) is 0 Å². The van der Waals surface area contributed by atoms with Gasteiger partial charge in [0.25, 0.3) is 6.17 Å². The van der Waals surface area contributed by atoms with Gasteiger partial charge in [-0.3, -0.25) is 14.6 Å². The zero-order valence-electron chi connectivity index (χ0n) is 23.2. The van der Waals surface area contributed by atoms with E-state index in [-0.39, 0.29) is 11.5 Å². The van der Waals surface area contributed by atoms with Crippen LogP contribution in [-0.2, 0) is 11.4 Å². The number of amides is 1. The molecular formula is C31H32BrN4O4S+. The molecule has 41 heavy (non-hydrogen) atoms. The van der Waals surface area contributed by atoms with Gasteiger partial charge in [0, 0.05) is 17.8 Å². The predicted octanol–water partition coefficient (Wildman–Crippen LogP) is 6.27. The molecule has 10 heteroatoms. The number of para-hydroxylation sites is 1. The fraction of sp³-hybridized carbons (Fsp3) is 0.290. The first-order valence-corrected chi connectivity index (χ1v) is 15.4. The second kappa shape index (κ2) is 12.9. The number of aromatic amines is 1. The first-order chi connectivity index (χ1) is 19.9. The molecule has 1 unspecified atom stereocenters. The molecule has 0 bridgehead atoms. The highest BCUT2D eigenvalue weighted by Gasteiger charge is 2.45. The van der Waals surface area contributed by atoms with Crippen molar-refractivity contribution in [2.45, 2.75) is 51.5 Å². The lowest BCUT2D eigenvalue weighted by Gasteiger charge is -2.31. The molecule has 8 nitrogen and oxygen atoms in total. The Bertz CT molecular complexity index is 1610. The summed E-state index contributed by atoms with van der Waals surface area (Å²) in [6, 6.07) is 21.1. The highest BCUT2D eigenvalue weighted by Crippen LogP contribution is 2.42. The number of benzene rings is 3. The minimum absolute atomic E-state index is 0.179. The fourth-order valence-corrected chi connectivity index (χ4v) is 6.37. The molecule has 1 aliphatic heterocycles. The largest absolute Gasteiger partial charge is 0.490 e.